The van der Waals surface area contributed by atoms with Gasteiger partial charge in [0.15, 0.2) is 0 Å². The van der Waals surface area contributed by atoms with Crippen molar-refractivity contribution >= 4 is 28.8 Å². The molecule has 35 heavy (non-hydrogen) atoms. The van der Waals surface area contributed by atoms with Crippen molar-refractivity contribution in [1.82, 2.24) is 4.90 Å². The highest BCUT2D eigenvalue weighted by molar-refractivity contribution is 6.36. The fourth-order valence-corrected chi connectivity index (χ4v) is 4.68. The van der Waals surface area contributed by atoms with Crippen LogP contribution in [0.15, 0.2) is 84.6 Å². The second kappa shape index (κ2) is 10.1. The van der Waals surface area contributed by atoms with Crippen LogP contribution in [0.25, 0.3) is 5.57 Å². The zero-order valence-electron chi connectivity index (χ0n) is 19.9. The predicted octanol–water partition coefficient (Wildman–Crippen LogP) is 5.08. The molecular weight excluding hydrogens is 438 g/mol. The van der Waals surface area contributed by atoms with E-state index in [0.29, 0.717) is 22.6 Å². The monoisotopic (exact) mass is 467 g/mol. The Morgan fingerprint density at radius 1 is 0.800 bits per heavy atom. The number of nitrogens with zero attached hydrogens (tertiary/aromatic N) is 2. The summed E-state index contributed by atoms with van der Waals surface area (Å²) in [6, 6.07) is 24.9. The van der Waals surface area contributed by atoms with Gasteiger partial charge in [0.25, 0.3) is 11.8 Å². The summed E-state index contributed by atoms with van der Waals surface area (Å²) in [5.74, 6) is 0.0521. The van der Waals surface area contributed by atoms with Gasteiger partial charge in [-0.05, 0) is 66.8 Å². The van der Waals surface area contributed by atoms with Crippen LogP contribution in [0.4, 0.5) is 11.4 Å². The van der Waals surface area contributed by atoms with Gasteiger partial charge in [0.1, 0.15) is 11.4 Å². The van der Waals surface area contributed by atoms with Crippen molar-refractivity contribution in [2.75, 3.05) is 30.4 Å². The number of nitrogens with one attached hydrogen (secondary N) is 1. The smallest absolute Gasteiger partial charge is 0.278 e. The van der Waals surface area contributed by atoms with Gasteiger partial charge in [-0.2, -0.15) is 0 Å². The first kappa shape index (κ1) is 22.7. The number of anilines is 2. The first-order chi connectivity index (χ1) is 17.1. The van der Waals surface area contributed by atoms with Crippen LogP contribution >= 0.6 is 0 Å². The fourth-order valence-electron chi connectivity index (χ4n) is 4.68. The molecule has 0 aliphatic carbocycles. The van der Waals surface area contributed by atoms with Gasteiger partial charge < -0.3 is 15.0 Å². The number of carbonyl (C=O) groups excluding carboxylic acids is 2. The fraction of sp³-hybridized carbons (Fsp3) is 0.241. The number of piperidine rings is 1. The summed E-state index contributed by atoms with van der Waals surface area (Å²) in [5, 5.41) is 3.26. The average Bonchev–Trinajstić information content (AvgIpc) is 3.14. The maximum absolute atomic E-state index is 13.5. The highest BCUT2D eigenvalue weighted by Gasteiger charge is 2.39. The molecule has 2 aliphatic rings. The second-order valence-electron chi connectivity index (χ2n) is 8.88. The van der Waals surface area contributed by atoms with Gasteiger partial charge in [0.05, 0.1) is 19.2 Å². The lowest BCUT2D eigenvalue weighted by Gasteiger charge is -2.28. The van der Waals surface area contributed by atoms with Gasteiger partial charge in [0, 0.05) is 24.5 Å². The van der Waals surface area contributed by atoms with Crippen molar-refractivity contribution < 1.29 is 14.3 Å². The lowest BCUT2D eigenvalue weighted by atomic mass is 10.0. The standard InChI is InChI=1S/C29H29N3O3/c1-35-25-16-10-22(11-17-25)26-27(29(34)32(28(26)33)20-21-8-4-2-5-9-21)30-23-12-14-24(15-13-23)31-18-6-3-7-19-31/h2,4-5,8-17,30H,3,6-7,18-20H2,1H3. The summed E-state index contributed by atoms with van der Waals surface area (Å²) in [4.78, 5) is 30.7. The largest absolute Gasteiger partial charge is 0.497 e. The van der Waals surface area contributed by atoms with Crippen molar-refractivity contribution in [2.45, 2.75) is 25.8 Å². The second-order valence-corrected chi connectivity index (χ2v) is 8.88. The Bertz CT molecular complexity index is 1230. The molecule has 3 aromatic carbocycles. The number of hydrogen-bond donors (Lipinski definition) is 1. The summed E-state index contributed by atoms with van der Waals surface area (Å²) in [5.41, 5.74) is 4.19. The molecular formula is C29H29N3O3. The molecule has 6 heteroatoms. The Morgan fingerprint density at radius 3 is 2.14 bits per heavy atom. The minimum Gasteiger partial charge on any atom is -0.497 e. The Labute approximate surface area is 205 Å². The molecule has 0 spiro atoms. The Kier molecular flexibility index (Phi) is 6.53. The van der Waals surface area contributed by atoms with E-state index in [9.17, 15) is 9.59 Å². The summed E-state index contributed by atoms with van der Waals surface area (Å²) in [7, 11) is 1.60. The van der Waals surface area contributed by atoms with Crippen molar-refractivity contribution in [3.05, 3.63) is 95.7 Å². The van der Waals surface area contributed by atoms with E-state index in [-0.39, 0.29) is 18.4 Å². The van der Waals surface area contributed by atoms with Crippen LogP contribution in [0.3, 0.4) is 0 Å². The number of methoxy groups -OCH3 is 1. The molecule has 1 fully saturated rings. The van der Waals surface area contributed by atoms with E-state index in [1.807, 2.05) is 54.6 Å². The van der Waals surface area contributed by atoms with Gasteiger partial charge in [-0.25, -0.2) is 0 Å². The molecule has 5 rings (SSSR count). The zero-order valence-corrected chi connectivity index (χ0v) is 19.9. The number of hydrogen-bond acceptors (Lipinski definition) is 5. The minimum absolute atomic E-state index is 0.219. The highest BCUT2D eigenvalue weighted by atomic mass is 16.5. The van der Waals surface area contributed by atoms with E-state index < -0.39 is 0 Å². The third kappa shape index (κ3) is 4.78. The summed E-state index contributed by atoms with van der Waals surface area (Å²) in [6.45, 7) is 2.36. The first-order valence-electron chi connectivity index (χ1n) is 12.0. The number of carbonyl (C=O) groups is 2. The molecule has 6 nitrogen and oxygen atoms in total. The van der Waals surface area contributed by atoms with Crippen LogP contribution in [0.2, 0.25) is 0 Å². The lowest BCUT2D eigenvalue weighted by Crippen LogP contribution is -2.32. The molecule has 1 N–H and O–H groups in total. The van der Waals surface area contributed by atoms with E-state index in [1.54, 1.807) is 19.2 Å². The van der Waals surface area contributed by atoms with Crippen molar-refractivity contribution in [3.63, 3.8) is 0 Å². The van der Waals surface area contributed by atoms with Gasteiger partial charge >= 0.3 is 0 Å². The number of benzene rings is 3. The molecule has 2 amide bonds. The molecule has 0 radical (unpaired) electrons. The Balaban J connectivity index is 1.45. The molecule has 2 aliphatic heterocycles. The van der Waals surface area contributed by atoms with Crippen molar-refractivity contribution in [3.8, 4) is 5.75 Å². The quantitative estimate of drug-likeness (QED) is 0.491. The summed E-state index contributed by atoms with van der Waals surface area (Å²) < 4.78 is 5.27. The molecule has 0 saturated carbocycles. The van der Waals surface area contributed by atoms with Gasteiger partial charge in [-0.1, -0.05) is 42.5 Å². The highest BCUT2D eigenvalue weighted by Crippen LogP contribution is 2.33. The third-order valence-electron chi connectivity index (χ3n) is 6.59. The van der Waals surface area contributed by atoms with Crippen molar-refractivity contribution in [2.24, 2.45) is 0 Å². The van der Waals surface area contributed by atoms with Crippen LogP contribution in [0, 0.1) is 0 Å². The summed E-state index contributed by atoms with van der Waals surface area (Å²) in [6.07, 6.45) is 3.71. The number of amides is 2. The SMILES string of the molecule is COc1ccc(C2=C(Nc3ccc(N4CCCCC4)cc3)C(=O)N(Cc3ccccc3)C2=O)cc1. The van der Waals surface area contributed by atoms with Gasteiger partial charge in [-0.15, -0.1) is 0 Å². The molecule has 1 saturated heterocycles. The Hall–Kier alpha value is -4.06. The third-order valence-corrected chi connectivity index (χ3v) is 6.59. The normalized spacial score (nSPS) is 16.1. The van der Waals surface area contributed by atoms with Crippen LogP contribution in [0.5, 0.6) is 5.75 Å². The lowest BCUT2D eigenvalue weighted by molar-refractivity contribution is -0.137. The molecule has 0 atom stereocenters. The summed E-state index contributed by atoms with van der Waals surface area (Å²) >= 11 is 0. The topological polar surface area (TPSA) is 61.9 Å². The van der Waals surface area contributed by atoms with Crippen LogP contribution < -0.4 is 15.0 Å². The molecule has 0 bridgehead atoms. The average molecular weight is 468 g/mol. The molecule has 0 unspecified atom stereocenters. The maximum atomic E-state index is 13.5. The number of ether oxygens (including phenoxy) is 1. The number of imide groups is 1. The van der Waals surface area contributed by atoms with Crippen molar-refractivity contribution in [1.29, 1.82) is 0 Å². The molecule has 0 aromatic heterocycles. The zero-order chi connectivity index (χ0) is 24.2. The first-order valence-corrected chi connectivity index (χ1v) is 12.0. The van der Waals surface area contributed by atoms with E-state index in [1.165, 1.54) is 29.8 Å². The minimum atomic E-state index is -0.329. The van der Waals surface area contributed by atoms with Gasteiger partial charge in [0.2, 0.25) is 0 Å². The van der Waals surface area contributed by atoms with Gasteiger partial charge in [-0.3, -0.25) is 14.5 Å². The van der Waals surface area contributed by atoms with Crippen LogP contribution in [-0.2, 0) is 16.1 Å². The Morgan fingerprint density at radius 2 is 1.49 bits per heavy atom. The number of rotatable bonds is 7. The molecule has 2 heterocycles. The van der Waals surface area contributed by atoms with E-state index in [0.717, 1.165) is 24.3 Å². The van der Waals surface area contributed by atoms with Crippen LogP contribution in [0.1, 0.15) is 30.4 Å². The molecule has 178 valence electrons. The van der Waals surface area contributed by atoms with E-state index in [2.05, 4.69) is 22.3 Å². The van der Waals surface area contributed by atoms with E-state index in [4.69, 9.17) is 4.74 Å². The predicted molar refractivity (Wildman–Crippen MR) is 138 cm³/mol. The molecule has 3 aromatic rings. The van der Waals surface area contributed by atoms with E-state index >= 15 is 0 Å². The van der Waals surface area contributed by atoms with Crippen LogP contribution in [-0.4, -0.2) is 36.9 Å². The maximum Gasteiger partial charge on any atom is 0.278 e.